The minimum absolute atomic E-state index is 0.0618. The lowest BCUT2D eigenvalue weighted by Crippen LogP contribution is -2.56. The van der Waals surface area contributed by atoms with Crippen molar-refractivity contribution in [3.63, 3.8) is 0 Å². The number of nitrogens with zero attached hydrogens (tertiary/aromatic N) is 1. The van der Waals surface area contributed by atoms with Gasteiger partial charge in [0.1, 0.15) is 6.04 Å². The Morgan fingerprint density at radius 2 is 1.62 bits per heavy atom. The van der Waals surface area contributed by atoms with Gasteiger partial charge in [0.25, 0.3) is 0 Å². The van der Waals surface area contributed by atoms with Gasteiger partial charge in [-0.3, -0.25) is 14.4 Å². The van der Waals surface area contributed by atoms with Gasteiger partial charge in [0.05, 0.1) is 52.9 Å². The molecule has 40 heavy (non-hydrogen) atoms. The number of epoxide rings is 1. The van der Waals surface area contributed by atoms with Crippen LogP contribution in [-0.4, -0.2) is 101 Å². The summed E-state index contributed by atoms with van der Waals surface area (Å²) in [6, 6.07) is -2.18. The maximum atomic E-state index is 13.4. The number of methoxy groups -OCH3 is 3. The Labute approximate surface area is 235 Å². The summed E-state index contributed by atoms with van der Waals surface area (Å²) in [6.07, 6.45) is 1.70. The number of aliphatic hydroxyl groups is 2. The van der Waals surface area contributed by atoms with E-state index in [2.05, 4.69) is 10.6 Å². The Morgan fingerprint density at radius 1 is 1.00 bits per heavy atom. The number of benzene rings is 1. The number of rotatable bonds is 14. The first-order valence-electron chi connectivity index (χ1n) is 13.5. The van der Waals surface area contributed by atoms with Crippen LogP contribution in [0, 0.1) is 11.8 Å². The Bertz CT molecular complexity index is 1100. The van der Waals surface area contributed by atoms with Crippen LogP contribution in [0.3, 0.4) is 0 Å². The molecule has 0 saturated carbocycles. The van der Waals surface area contributed by atoms with Crippen LogP contribution in [0.15, 0.2) is 0 Å². The van der Waals surface area contributed by atoms with Crippen LogP contribution in [0.4, 0.5) is 5.69 Å². The highest BCUT2D eigenvalue weighted by Gasteiger charge is 2.54. The van der Waals surface area contributed by atoms with Gasteiger partial charge in [0.15, 0.2) is 22.9 Å². The van der Waals surface area contributed by atoms with E-state index in [1.165, 1.54) is 0 Å². The first-order chi connectivity index (χ1) is 19.0. The molecule has 4 N–H and O–H groups in total. The molecule has 0 bridgehead atoms. The number of Topliss-reactive ketones (excluding diaryl/α,β-unsaturated/α-hetero) is 1. The minimum atomic E-state index is -1.30. The first kappa shape index (κ1) is 31.4. The van der Waals surface area contributed by atoms with E-state index in [1.54, 1.807) is 21.3 Å². The zero-order chi connectivity index (χ0) is 29.8. The van der Waals surface area contributed by atoms with Crippen molar-refractivity contribution in [2.75, 3.05) is 60.1 Å². The molecule has 3 rings (SSSR count). The molecule has 12 nitrogen and oxygen atoms in total. The van der Waals surface area contributed by atoms with Crippen molar-refractivity contribution in [1.29, 1.82) is 0 Å². The van der Waals surface area contributed by atoms with Crippen LogP contribution in [-0.2, 0) is 32.0 Å². The molecule has 1 unspecified atom stereocenters. The van der Waals surface area contributed by atoms with Crippen molar-refractivity contribution in [2.45, 2.75) is 57.2 Å². The number of carbonyl (C=O) groups excluding carboxylic acids is 3. The van der Waals surface area contributed by atoms with Crippen molar-refractivity contribution < 1.29 is 43.5 Å². The van der Waals surface area contributed by atoms with Gasteiger partial charge in [-0.05, 0) is 37.2 Å². The number of ether oxygens (including phenoxy) is 4. The van der Waals surface area contributed by atoms with Gasteiger partial charge >= 0.3 is 0 Å². The van der Waals surface area contributed by atoms with Crippen molar-refractivity contribution >= 4 is 23.3 Å². The average molecular weight is 566 g/mol. The lowest BCUT2D eigenvalue weighted by molar-refractivity contribution is -0.135. The molecule has 1 aliphatic heterocycles. The van der Waals surface area contributed by atoms with Crippen LogP contribution in [0.25, 0.3) is 0 Å². The van der Waals surface area contributed by atoms with Gasteiger partial charge in [-0.15, -0.1) is 0 Å². The predicted octanol–water partition coefficient (Wildman–Crippen LogP) is 0.222. The van der Waals surface area contributed by atoms with Crippen molar-refractivity contribution in [3.05, 3.63) is 11.1 Å². The largest absolute Gasteiger partial charge is 0.492 e. The molecule has 1 heterocycles. The highest BCUT2D eigenvalue weighted by Crippen LogP contribution is 2.51. The Hall–Kier alpha value is -3.09. The van der Waals surface area contributed by atoms with Crippen LogP contribution in [0.1, 0.15) is 37.8 Å². The van der Waals surface area contributed by atoms with Gasteiger partial charge in [-0.2, -0.15) is 0 Å². The molecule has 2 aliphatic rings. The second-order valence-electron chi connectivity index (χ2n) is 11.0. The molecule has 4 atom stereocenters. The summed E-state index contributed by atoms with van der Waals surface area (Å²) in [5, 5.41) is 24.9. The number of anilines is 1. The first-order valence-corrected chi connectivity index (χ1v) is 13.5. The third-order valence-electron chi connectivity index (χ3n) is 7.53. The number of hydrogen-bond acceptors (Lipinski definition) is 10. The van der Waals surface area contributed by atoms with Crippen LogP contribution >= 0.6 is 0 Å². The molecule has 12 heteroatoms. The second-order valence-corrected chi connectivity index (χ2v) is 11.0. The number of aliphatic hydroxyl groups excluding tert-OH is 2. The van der Waals surface area contributed by atoms with Gasteiger partial charge in [0, 0.05) is 25.6 Å². The summed E-state index contributed by atoms with van der Waals surface area (Å²) in [5.74, 6) is -0.362. The summed E-state index contributed by atoms with van der Waals surface area (Å²) < 4.78 is 22.2. The molecule has 0 radical (unpaired) electrons. The number of fused-ring (bicyclic) bond motifs is 1. The molecular formula is C28H43N3O9. The van der Waals surface area contributed by atoms with Crippen molar-refractivity contribution in [3.8, 4) is 17.2 Å². The summed E-state index contributed by atoms with van der Waals surface area (Å²) in [5.41, 5.74) is 1.30. The Kier molecular flexibility index (Phi) is 10.3. The summed E-state index contributed by atoms with van der Waals surface area (Å²) >= 11 is 0. The fourth-order valence-electron chi connectivity index (χ4n) is 5.38. The van der Waals surface area contributed by atoms with E-state index in [1.807, 2.05) is 32.8 Å². The Balaban J connectivity index is 1.80. The predicted molar refractivity (Wildman–Crippen MR) is 147 cm³/mol. The number of amides is 2. The molecule has 0 spiro atoms. The van der Waals surface area contributed by atoms with E-state index >= 15 is 0 Å². The Morgan fingerprint density at radius 3 is 2.10 bits per heavy atom. The van der Waals surface area contributed by atoms with Gasteiger partial charge < -0.3 is 44.7 Å². The van der Waals surface area contributed by atoms with Gasteiger partial charge in [-0.25, -0.2) is 0 Å². The topological polar surface area (TPSA) is 159 Å². The zero-order valence-electron chi connectivity index (χ0n) is 24.5. The van der Waals surface area contributed by atoms with E-state index < -0.39 is 48.5 Å². The number of hydrogen-bond donors (Lipinski definition) is 4. The quantitative estimate of drug-likeness (QED) is 0.230. The molecule has 1 fully saturated rings. The van der Waals surface area contributed by atoms with Crippen LogP contribution in [0.2, 0.25) is 0 Å². The third kappa shape index (κ3) is 6.29. The van der Waals surface area contributed by atoms with Crippen LogP contribution in [0.5, 0.6) is 17.2 Å². The fraction of sp³-hybridized carbons (Fsp3) is 0.679. The molecule has 224 valence electrons. The number of ketones is 1. The van der Waals surface area contributed by atoms with Crippen molar-refractivity contribution in [2.24, 2.45) is 11.8 Å². The van der Waals surface area contributed by atoms with Crippen molar-refractivity contribution in [1.82, 2.24) is 10.6 Å². The van der Waals surface area contributed by atoms with E-state index in [9.17, 15) is 24.6 Å². The summed E-state index contributed by atoms with van der Waals surface area (Å²) in [4.78, 5) is 41.4. The van der Waals surface area contributed by atoms with E-state index in [-0.39, 0.29) is 18.4 Å². The fourth-order valence-corrected chi connectivity index (χ4v) is 5.38. The molecule has 1 aromatic carbocycles. The average Bonchev–Trinajstić information content (AvgIpc) is 3.74. The molecule has 1 aliphatic carbocycles. The highest BCUT2D eigenvalue weighted by atomic mass is 16.6. The van der Waals surface area contributed by atoms with E-state index in [4.69, 9.17) is 18.9 Å². The molecule has 0 aromatic heterocycles. The minimum Gasteiger partial charge on any atom is -0.492 e. The monoisotopic (exact) mass is 565 g/mol. The summed E-state index contributed by atoms with van der Waals surface area (Å²) in [7, 11) is 8.41. The highest BCUT2D eigenvalue weighted by molar-refractivity contribution is 5.98. The van der Waals surface area contributed by atoms with Gasteiger partial charge in [-0.1, -0.05) is 13.8 Å². The maximum Gasteiger partial charge on any atom is 0.245 e. The zero-order valence-corrected chi connectivity index (χ0v) is 24.5. The van der Waals surface area contributed by atoms with E-state index in [0.29, 0.717) is 42.9 Å². The van der Waals surface area contributed by atoms with E-state index in [0.717, 1.165) is 16.8 Å². The molecule has 2 amide bonds. The summed E-state index contributed by atoms with van der Waals surface area (Å²) in [6.45, 7) is 2.77. The van der Waals surface area contributed by atoms with Gasteiger partial charge in [0.2, 0.25) is 17.6 Å². The molecule has 1 saturated heterocycles. The maximum absolute atomic E-state index is 13.4. The SMILES string of the molecule is COc1c2c(c(N(C)C)c(OC)c1OC)CC(C(=O)N[C@@H](CO)C(=O)N[C@@H](CC(C)C)C(=O)[C@@]1(CO)CO1)CC2. The lowest BCUT2D eigenvalue weighted by atomic mass is 9.81. The normalized spacial score (nSPS) is 21.1. The second kappa shape index (κ2) is 13.0. The lowest BCUT2D eigenvalue weighted by Gasteiger charge is -2.32. The third-order valence-corrected chi connectivity index (χ3v) is 7.53. The van der Waals surface area contributed by atoms with Crippen LogP contribution < -0.4 is 29.7 Å². The molecular weight excluding hydrogens is 522 g/mol. The molecule has 1 aromatic rings. The number of carbonyl (C=O) groups is 3. The number of nitrogens with one attached hydrogen (secondary N) is 2. The standard InChI is InChI=1S/C28H43N3O9/c1-15(2)10-19(25(34)28(13-33)14-40-28)29-27(36)20(12-32)30-26(35)16-8-9-17-18(11-16)21(31(3)4)23(38-6)24(39-7)22(17)37-5/h15-16,19-20,32-33H,8-14H2,1-7H3,(H,29,36)(H,30,35)/t16?,19-,20-,28+/m0/s1. The smallest absolute Gasteiger partial charge is 0.245 e.